The zero-order chi connectivity index (χ0) is 24.2. The van der Waals surface area contributed by atoms with E-state index in [1.807, 2.05) is 30.3 Å². The predicted octanol–water partition coefficient (Wildman–Crippen LogP) is 6.36. The van der Waals surface area contributed by atoms with Crippen LogP contribution in [0.3, 0.4) is 0 Å². The topological polar surface area (TPSA) is 67.8 Å². The number of para-hydroxylation sites is 1. The molecule has 186 valence electrons. The molecule has 3 atom stereocenters. The largest absolute Gasteiger partial charge is 0.489 e. The van der Waals surface area contributed by atoms with Crippen molar-refractivity contribution < 1.29 is 19.4 Å². The second-order valence-electron chi connectivity index (χ2n) is 9.02. The smallest absolute Gasteiger partial charge is 0.341 e. The Kier molecular flexibility index (Phi) is 8.14. The number of hydrogen-bond donors (Lipinski definition) is 2. The minimum absolute atomic E-state index is 0. The Balaban J connectivity index is 0.00000304. The SMILES string of the molecule is C[C@@H](NCC1CC(c2cccc(OCC(=O)O)c2)c2ccccc2O1)c1cccc2ccccc12.Cl. The number of carboxylic acids is 1. The second-order valence-corrected chi connectivity index (χ2v) is 9.02. The summed E-state index contributed by atoms with van der Waals surface area (Å²) in [5.74, 6) is 0.601. The number of carboxylic acid groups (broad SMARTS) is 1. The van der Waals surface area contributed by atoms with Gasteiger partial charge in [-0.05, 0) is 53.4 Å². The van der Waals surface area contributed by atoms with Crippen LogP contribution >= 0.6 is 12.4 Å². The Bertz CT molecular complexity index is 1340. The Morgan fingerprint density at radius 3 is 2.64 bits per heavy atom. The van der Waals surface area contributed by atoms with E-state index in [4.69, 9.17) is 14.6 Å². The third-order valence-electron chi connectivity index (χ3n) is 6.65. The fourth-order valence-corrected chi connectivity index (χ4v) is 4.95. The third-order valence-corrected chi connectivity index (χ3v) is 6.65. The van der Waals surface area contributed by atoms with Gasteiger partial charge in [-0.25, -0.2) is 4.79 Å². The van der Waals surface area contributed by atoms with Crippen molar-refractivity contribution in [3.8, 4) is 11.5 Å². The van der Waals surface area contributed by atoms with Crippen molar-refractivity contribution in [2.75, 3.05) is 13.2 Å². The summed E-state index contributed by atoms with van der Waals surface area (Å²) in [6.07, 6.45) is 0.810. The number of aliphatic carboxylic acids is 1. The second kappa shape index (κ2) is 11.5. The highest BCUT2D eigenvalue weighted by Crippen LogP contribution is 2.41. The van der Waals surface area contributed by atoms with Crippen LogP contribution in [0.15, 0.2) is 91.0 Å². The van der Waals surface area contributed by atoms with Gasteiger partial charge in [0.15, 0.2) is 6.61 Å². The van der Waals surface area contributed by atoms with Crippen molar-refractivity contribution in [2.24, 2.45) is 0 Å². The molecular weight excluding hydrogens is 474 g/mol. The molecule has 0 amide bonds. The van der Waals surface area contributed by atoms with Crippen LogP contribution in [0, 0.1) is 0 Å². The molecule has 0 saturated heterocycles. The lowest BCUT2D eigenvalue weighted by Gasteiger charge is -2.33. The van der Waals surface area contributed by atoms with Gasteiger partial charge in [-0.1, -0.05) is 72.8 Å². The first-order valence-electron chi connectivity index (χ1n) is 12.0. The first-order valence-corrected chi connectivity index (χ1v) is 12.0. The highest BCUT2D eigenvalue weighted by molar-refractivity contribution is 5.86. The van der Waals surface area contributed by atoms with E-state index in [2.05, 4.69) is 66.8 Å². The molecule has 6 heteroatoms. The first kappa shape index (κ1) is 25.5. The van der Waals surface area contributed by atoms with E-state index in [-0.39, 0.29) is 37.1 Å². The van der Waals surface area contributed by atoms with Crippen molar-refractivity contribution in [3.05, 3.63) is 108 Å². The average molecular weight is 504 g/mol. The van der Waals surface area contributed by atoms with Crippen LogP contribution in [0.5, 0.6) is 11.5 Å². The van der Waals surface area contributed by atoms with E-state index in [1.165, 1.54) is 16.3 Å². The summed E-state index contributed by atoms with van der Waals surface area (Å²) in [6.45, 7) is 2.55. The highest BCUT2D eigenvalue weighted by Gasteiger charge is 2.29. The molecule has 1 aliphatic heterocycles. The molecule has 4 aromatic carbocycles. The van der Waals surface area contributed by atoms with E-state index in [9.17, 15) is 4.79 Å². The van der Waals surface area contributed by atoms with Gasteiger partial charge in [0.05, 0.1) is 0 Å². The summed E-state index contributed by atoms with van der Waals surface area (Å²) in [7, 11) is 0. The molecule has 4 aromatic rings. The quantitative estimate of drug-likeness (QED) is 0.293. The standard InChI is InChI=1S/C30H29NO4.ClH/c1-20(25-14-7-9-21-8-2-3-12-26(21)25)31-18-24-17-28(27-13-4-5-15-29(27)35-24)22-10-6-11-23(16-22)34-19-30(32)33;/h2-16,20,24,28,31H,17-19H2,1H3,(H,32,33);1H/t20-,24?,28?;/m1./s1. The van der Waals surface area contributed by atoms with E-state index < -0.39 is 5.97 Å². The summed E-state index contributed by atoms with van der Waals surface area (Å²) < 4.78 is 11.8. The van der Waals surface area contributed by atoms with Gasteiger partial charge in [-0.3, -0.25) is 0 Å². The van der Waals surface area contributed by atoms with Crippen LogP contribution in [0.25, 0.3) is 10.8 Å². The molecule has 2 N–H and O–H groups in total. The lowest BCUT2D eigenvalue weighted by atomic mass is 9.84. The number of carbonyl (C=O) groups is 1. The molecule has 0 aliphatic carbocycles. The highest BCUT2D eigenvalue weighted by atomic mass is 35.5. The van der Waals surface area contributed by atoms with Gasteiger partial charge in [-0.15, -0.1) is 12.4 Å². The van der Waals surface area contributed by atoms with Gasteiger partial charge in [0, 0.05) is 24.1 Å². The number of ether oxygens (including phenoxy) is 2. The molecule has 2 unspecified atom stereocenters. The van der Waals surface area contributed by atoms with Gasteiger partial charge < -0.3 is 19.9 Å². The van der Waals surface area contributed by atoms with Gasteiger partial charge in [0.2, 0.25) is 0 Å². The molecule has 0 bridgehead atoms. The number of halogens is 1. The molecule has 1 heterocycles. The van der Waals surface area contributed by atoms with Crippen LogP contribution < -0.4 is 14.8 Å². The van der Waals surface area contributed by atoms with E-state index >= 15 is 0 Å². The van der Waals surface area contributed by atoms with Crippen molar-refractivity contribution in [3.63, 3.8) is 0 Å². The monoisotopic (exact) mass is 503 g/mol. The molecule has 0 aromatic heterocycles. The number of nitrogens with one attached hydrogen (secondary N) is 1. The molecule has 0 fully saturated rings. The maximum absolute atomic E-state index is 10.9. The van der Waals surface area contributed by atoms with Crippen LogP contribution in [0.1, 0.15) is 42.0 Å². The number of hydrogen-bond acceptors (Lipinski definition) is 4. The van der Waals surface area contributed by atoms with Gasteiger partial charge in [0.1, 0.15) is 17.6 Å². The maximum atomic E-state index is 10.9. The van der Waals surface area contributed by atoms with Gasteiger partial charge in [-0.2, -0.15) is 0 Å². The summed E-state index contributed by atoms with van der Waals surface area (Å²) >= 11 is 0. The van der Waals surface area contributed by atoms with Crippen LogP contribution in [-0.4, -0.2) is 30.3 Å². The van der Waals surface area contributed by atoms with E-state index in [1.54, 1.807) is 6.07 Å². The van der Waals surface area contributed by atoms with Gasteiger partial charge in [0.25, 0.3) is 0 Å². The lowest BCUT2D eigenvalue weighted by Crippen LogP contribution is -2.37. The minimum atomic E-state index is -0.988. The molecule has 5 nitrogen and oxygen atoms in total. The number of rotatable bonds is 8. The Morgan fingerprint density at radius 2 is 1.78 bits per heavy atom. The van der Waals surface area contributed by atoms with Crippen molar-refractivity contribution in [1.29, 1.82) is 0 Å². The Morgan fingerprint density at radius 1 is 1.03 bits per heavy atom. The third kappa shape index (κ3) is 5.64. The van der Waals surface area contributed by atoms with Crippen molar-refractivity contribution in [2.45, 2.75) is 31.4 Å². The van der Waals surface area contributed by atoms with Crippen LogP contribution in [-0.2, 0) is 4.79 Å². The minimum Gasteiger partial charge on any atom is -0.489 e. The summed E-state index contributed by atoms with van der Waals surface area (Å²) in [5.41, 5.74) is 3.51. The predicted molar refractivity (Wildman–Crippen MR) is 145 cm³/mol. The average Bonchev–Trinajstić information content (AvgIpc) is 2.90. The van der Waals surface area contributed by atoms with Crippen LogP contribution in [0.4, 0.5) is 0 Å². The molecular formula is C30H30ClNO4. The molecule has 0 radical (unpaired) electrons. The molecule has 5 rings (SSSR count). The van der Waals surface area contributed by atoms with E-state index in [0.29, 0.717) is 12.3 Å². The fraction of sp³-hybridized carbons (Fsp3) is 0.233. The van der Waals surface area contributed by atoms with Gasteiger partial charge >= 0.3 is 5.97 Å². The normalized spacial score (nSPS) is 17.4. The number of fused-ring (bicyclic) bond motifs is 2. The zero-order valence-corrected chi connectivity index (χ0v) is 20.9. The lowest BCUT2D eigenvalue weighted by molar-refractivity contribution is -0.139. The summed E-state index contributed by atoms with van der Waals surface area (Å²) in [4.78, 5) is 10.9. The summed E-state index contributed by atoms with van der Waals surface area (Å²) in [6, 6.07) is 31.0. The summed E-state index contributed by atoms with van der Waals surface area (Å²) in [5, 5.41) is 15.2. The molecule has 0 spiro atoms. The molecule has 0 saturated carbocycles. The van der Waals surface area contributed by atoms with E-state index in [0.717, 1.165) is 23.3 Å². The molecule has 1 aliphatic rings. The van der Waals surface area contributed by atoms with Crippen molar-refractivity contribution >= 4 is 29.1 Å². The van der Waals surface area contributed by atoms with Crippen molar-refractivity contribution in [1.82, 2.24) is 5.32 Å². The first-order chi connectivity index (χ1) is 17.1. The zero-order valence-electron chi connectivity index (χ0n) is 20.1. The Hall–Kier alpha value is -3.54. The fourth-order valence-electron chi connectivity index (χ4n) is 4.95. The Labute approximate surface area is 217 Å². The number of benzene rings is 4. The molecule has 36 heavy (non-hydrogen) atoms. The van der Waals surface area contributed by atoms with Crippen LogP contribution in [0.2, 0.25) is 0 Å². The maximum Gasteiger partial charge on any atom is 0.341 e.